The lowest BCUT2D eigenvalue weighted by atomic mass is 10.0. The number of rotatable bonds is 4. The van der Waals surface area contributed by atoms with E-state index in [2.05, 4.69) is 0 Å². The molecule has 0 aromatic heterocycles. The SMILES string of the molecule is OC(CCCCl)c1ccc(C(F)(F)F)cc1. The molecule has 16 heavy (non-hydrogen) atoms. The van der Waals surface area contributed by atoms with Gasteiger partial charge in [-0.15, -0.1) is 11.6 Å². The summed E-state index contributed by atoms with van der Waals surface area (Å²) in [6.45, 7) is 0. The Morgan fingerprint density at radius 3 is 2.19 bits per heavy atom. The third-order valence-corrected chi connectivity index (χ3v) is 2.50. The molecule has 0 saturated heterocycles. The van der Waals surface area contributed by atoms with Gasteiger partial charge in [0, 0.05) is 5.88 Å². The van der Waals surface area contributed by atoms with E-state index in [4.69, 9.17) is 11.6 Å². The summed E-state index contributed by atoms with van der Waals surface area (Å²) in [5, 5.41) is 9.61. The Bertz CT molecular complexity index is 321. The van der Waals surface area contributed by atoms with Gasteiger partial charge in [0.25, 0.3) is 0 Å². The number of aliphatic hydroxyl groups is 1. The standard InChI is InChI=1S/C11H12ClF3O/c12-7-1-2-10(16)8-3-5-9(6-4-8)11(13,14)15/h3-6,10,16H,1-2,7H2. The van der Waals surface area contributed by atoms with Crippen molar-refractivity contribution in [2.75, 3.05) is 5.88 Å². The van der Waals surface area contributed by atoms with Gasteiger partial charge in [-0.05, 0) is 30.5 Å². The Labute approximate surface area is 96.9 Å². The predicted molar refractivity (Wildman–Crippen MR) is 56.4 cm³/mol. The topological polar surface area (TPSA) is 20.2 Å². The first-order chi connectivity index (χ1) is 7.45. The van der Waals surface area contributed by atoms with Crippen molar-refractivity contribution >= 4 is 11.6 Å². The first-order valence-corrected chi connectivity index (χ1v) is 5.40. The van der Waals surface area contributed by atoms with E-state index < -0.39 is 17.8 Å². The van der Waals surface area contributed by atoms with Gasteiger partial charge in [0.2, 0.25) is 0 Å². The first kappa shape index (κ1) is 13.3. The molecule has 0 saturated carbocycles. The summed E-state index contributed by atoms with van der Waals surface area (Å²) in [5.74, 6) is 0.428. The number of halogens is 4. The molecule has 1 unspecified atom stereocenters. The van der Waals surface area contributed by atoms with Gasteiger partial charge in [-0.1, -0.05) is 12.1 Å². The third-order valence-electron chi connectivity index (χ3n) is 2.23. The largest absolute Gasteiger partial charge is 0.416 e. The lowest BCUT2D eigenvalue weighted by Crippen LogP contribution is -2.05. The minimum Gasteiger partial charge on any atom is -0.388 e. The fraction of sp³-hybridized carbons (Fsp3) is 0.455. The lowest BCUT2D eigenvalue weighted by molar-refractivity contribution is -0.137. The monoisotopic (exact) mass is 252 g/mol. The van der Waals surface area contributed by atoms with Gasteiger partial charge in [-0.2, -0.15) is 13.2 Å². The molecule has 0 aliphatic heterocycles. The zero-order valence-electron chi connectivity index (χ0n) is 8.47. The van der Waals surface area contributed by atoms with Crippen LogP contribution in [0.3, 0.4) is 0 Å². The van der Waals surface area contributed by atoms with Crippen LogP contribution in [0.5, 0.6) is 0 Å². The number of benzene rings is 1. The normalized spacial score (nSPS) is 13.8. The summed E-state index contributed by atoms with van der Waals surface area (Å²) >= 11 is 5.46. The smallest absolute Gasteiger partial charge is 0.388 e. The number of hydrogen-bond acceptors (Lipinski definition) is 1. The van der Waals surface area contributed by atoms with E-state index in [-0.39, 0.29) is 0 Å². The van der Waals surface area contributed by atoms with Gasteiger partial charge in [-0.25, -0.2) is 0 Å². The molecule has 1 rings (SSSR count). The van der Waals surface area contributed by atoms with Gasteiger partial charge >= 0.3 is 6.18 Å². The first-order valence-electron chi connectivity index (χ1n) is 4.86. The quantitative estimate of drug-likeness (QED) is 0.809. The van der Waals surface area contributed by atoms with Crippen molar-refractivity contribution < 1.29 is 18.3 Å². The fourth-order valence-corrected chi connectivity index (χ4v) is 1.49. The highest BCUT2D eigenvalue weighted by Gasteiger charge is 2.30. The lowest BCUT2D eigenvalue weighted by Gasteiger charge is -2.11. The van der Waals surface area contributed by atoms with Gasteiger partial charge in [0.15, 0.2) is 0 Å². The van der Waals surface area contributed by atoms with Crippen molar-refractivity contribution in [3.05, 3.63) is 35.4 Å². The van der Waals surface area contributed by atoms with Crippen molar-refractivity contribution in [3.63, 3.8) is 0 Å². The highest BCUT2D eigenvalue weighted by Crippen LogP contribution is 2.30. The van der Waals surface area contributed by atoms with Gasteiger partial charge in [0.05, 0.1) is 11.7 Å². The second-order valence-electron chi connectivity index (χ2n) is 3.47. The maximum Gasteiger partial charge on any atom is 0.416 e. The van der Waals surface area contributed by atoms with Crippen LogP contribution >= 0.6 is 11.6 Å². The molecule has 0 fully saturated rings. The minimum atomic E-state index is -4.33. The van der Waals surface area contributed by atoms with Crippen LogP contribution in [0.25, 0.3) is 0 Å². The molecule has 0 aliphatic rings. The van der Waals surface area contributed by atoms with E-state index in [0.717, 1.165) is 12.1 Å². The summed E-state index contributed by atoms with van der Waals surface area (Å²) in [6, 6.07) is 4.53. The Kier molecular flexibility index (Phi) is 4.62. The van der Waals surface area contributed by atoms with Crippen LogP contribution < -0.4 is 0 Å². The van der Waals surface area contributed by atoms with Crippen molar-refractivity contribution in [3.8, 4) is 0 Å². The molecule has 0 radical (unpaired) electrons. The Hall–Kier alpha value is -0.740. The summed E-state index contributed by atoms with van der Waals surface area (Å²) in [7, 11) is 0. The van der Waals surface area contributed by atoms with Gasteiger partial charge < -0.3 is 5.11 Å². The van der Waals surface area contributed by atoms with Gasteiger partial charge in [0.1, 0.15) is 0 Å². The second kappa shape index (κ2) is 5.55. The maximum atomic E-state index is 12.2. The Morgan fingerprint density at radius 1 is 1.19 bits per heavy atom. The van der Waals surface area contributed by atoms with E-state index in [0.29, 0.717) is 24.3 Å². The molecule has 0 amide bonds. The summed E-state index contributed by atoms with van der Waals surface area (Å²) in [4.78, 5) is 0. The molecule has 90 valence electrons. The molecule has 1 N–H and O–H groups in total. The average Bonchev–Trinajstić information content (AvgIpc) is 2.25. The van der Waals surface area contributed by atoms with E-state index in [1.807, 2.05) is 0 Å². The number of aliphatic hydroxyl groups excluding tert-OH is 1. The number of hydrogen-bond donors (Lipinski definition) is 1. The van der Waals surface area contributed by atoms with E-state index >= 15 is 0 Å². The molecule has 0 spiro atoms. The zero-order valence-corrected chi connectivity index (χ0v) is 9.22. The average molecular weight is 253 g/mol. The van der Waals surface area contributed by atoms with Crippen LogP contribution in [0.4, 0.5) is 13.2 Å². The second-order valence-corrected chi connectivity index (χ2v) is 3.84. The van der Waals surface area contributed by atoms with E-state index in [9.17, 15) is 18.3 Å². The van der Waals surface area contributed by atoms with Crippen LogP contribution in [-0.2, 0) is 6.18 Å². The zero-order chi connectivity index (χ0) is 12.2. The molecule has 5 heteroatoms. The van der Waals surface area contributed by atoms with Gasteiger partial charge in [-0.3, -0.25) is 0 Å². The number of alkyl halides is 4. The summed E-state index contributed by atoms with van der Waals surface area (Å²) in [5.41, 5.74) is -0.223. The minimum absolute atomic E-state index is 0.428. The molecule has 1 atom stereocenters. The molecular weight excluding hydrogens is 241 g/mol. The molecule has 0 aliphatic carbocycles. The van der Waals surface area contributed by atoms with Crippen LogP contribution in [-0.4, -0.2) is 11.0 Å². The molecule has 1 nitrogen and oxygen atoms in total. The van der Waals surface area contributed by atoms with Crippen molar-refractivity contribution in [1.82, 2.24) is 0 Å². The van der Waals surface area contributed by atoms with Crippen molar-refractivity contribution in [1.29, 1.82) is 0 Å². The molecular formula is C11H12ClF3O. The van der Waals surface area contributed by atoms with E-state index in [1.54, 1.807) is 0 Å². The molecule has 0 heterocycles. The summed E-state index contributed by atoms with van der Waals surface area (Å²) < 4.78 is 36.7. The summed E-state index contributed by atoms with van der Waals surface area (Å²) in [6.07, 6.45) is -4.00. The Morgan fingerprint density at radius 2 is 1.75 bits per heavy atom. The molecule has 1 aromatic rings. The van der Waals surface area contributed by atoms with Crippen LogP contribution in [0.2, 0.25) is 0 Å². The molecule has 1 aromatic carbocycles. The molecule has 0 bridgehead atoms. The van der Waals surface area contributed by atoms with Crippen LogP contribution in [0.15, 0.2) is 24.3 Å². The van der Waals surface area contributed by atoms with E-state index in [1.165, 1.54) is 12.1 Å². The highest BCUT2D eigenvalue weighted by molar-refractivity contribution is 6.17. The third kappa shape index (κ3) is 3.68. The Balaban J connectivity index is 2.71. The van der Waals surface area contributed by atoms with Crippen molar-refractivity contribution in [2.24, 2.45) is 0 Å². The fourth-order valence-electron chi connectivity index (χ4n) is 1.33. The predicted octanol–water partition coefficient (Wildman–Crippen LogP) is 3.76. The highest BCUT2D eigenvalue weighted by atomic mass is 35.5. The van der Waals surface area contributed by atoms with Crippen LogP contribution in [0.1, 0.15) is 30.1 Å². The maximum absolute atomic E-state index is 12.2. The van der Waals surface area contributed by atoms with Crippen LogP contribution in [0, 0.1) is 0 Å². The van der Waals surface area contributed by atoms with Crippen molar-refractivity contribution in [2.45, 2.75) is 25.1 Å².